The highest BCUT2D eigenvalue weighted by molar-refractivity contribution is 5.40. The molecule has 4 N–H and O–H groups in total. The van der Waals surface area contributed by atoms with Gasteiger partial charge in [0, 0.05) is 17.7 Å². The fraction of sp³-hybridized carbons (Fsp3) is 0.389. The maximum absolute atomic E-state index is 6.62. The van der Waals surface area contributed by atoms with E-state index in [1.165, 1.54) is 5.56 Å². The molecular weight excluding hydrogens is 258 g/mol. The van der Waals surface area contributed by atoms with E-state index < -0.39 is 0 Å². The average molecular weight is 283 g/mol. The van der Waals surface area contributed by atoms with Crippen LogP contribution in [0.1, 0.15) is 37.8 Å². The Balaban J connectivity index is 2.32. The number of hydrogen-bond acceptors (Lipinski definition) is 3. The van der Waals surface area contributed by atoms with Gasteiger partial charge in [0.2, 0.25) is 0 Å². The lowest BCUT2D eigenvalue weighted by Gasteiger charge is -2.38. The van der Waals surface area contributed by atoms with Gasteiger partial charge in [-0.05, 0) is 36.5 Å². The van der Waals surface area contributed by atoms with Crippen molar-refractivity contribution in [2.45, 2.75) is 44.6 Å². The number of nitrogen functional groups attached to an aromatic ring is 1. The van der Waals surface area contributed by atoms with Gasteiger partial charge in [0.1, 0.15) is 5.82 Å². The lowest BCUT2D eigenvalue weighted by molar-refractivity contribution is 0.315. The van der Waals surface area contributed by atoms with E-state index in [2.05, 4.69) is 43.1 Å². The largest absolute Gasteiger partial charge is 0.383 e. The summed E-state index contributed by atoms with van der Waals surface area (Å²) in [6.45, 7) is 4.42. The molecular formula is C18H25N3. The Hall–Kier alpha value is -1.87. The van der Waals surface area contributed by atoms with Crippen LogP contribution >= 0.6 is 0 Å². The molecule has 0 bridgehead atoms. The van der Waals surface area contributed by atoms with Crippen molar-refractivity contribution in [1.82, 2.24) is 4.98 Å². The molecule has 1 atom stereocenters. The topological polar surface area (TPSA) is 64.9 Å². The smallest absolute Gasteiger partial charge is 0.126 e. The third-order valence-electron chi connectivity index (χ3n) is 4.69. The highest BCUT2D eigenvalue weighted by Crippen LogP contribution is 2.36. The summed E-state index contributed by atoms with van der Waals surface area (Å²) in [5, 5.41) is 0. The SMILES string of the molecule is CCC(CC)(c1ccccc1)C(N)Cc1cccnc1N. The highest BCUT2D eigenvalue weighted by Gasteiger charge is 2.35. The molecule has 21 heavy (non-hydrogen) atoms. The van der Waals surface area contributed by atoms with E-state index in [4.69, 9.17) is 11.5 Å². The first-order valence-electron chi connectivity index (χ1n) is 7.64. The standard InChI is InChI=1S/C18H25N3/c1-3-18(4-2,15-10-6-5-7-11-15)16(19)13-14-9-8-12-21-17(14)20/h5-12,16H,3-4,13,19H2,1-2H3,(H2,20,21). The quantitative estimate of drug-likeness (QED) is 0.855. The average Bonchev–Trinajstić information content (AvgIpc) is 2.52. The van der Waals surface area contributed by atoms with Crippen molar-refractivity contribution in [3.8, 4) is 0 Å². The molecule has 0 saturated heterocycles. The van der Waals surface area contributed by atoms with E-state index in [0.717, 1.165) is 24.8 Å². The molecule has 0 aliphatic rings. The highest BCUT2D eigenvalue weighted by atomic mass is 14.8. The number of nitrogens with zero attached hydrogens (tertiary/aromatic N) is 1. The lowest BCUT2D eigenvalue weighted by atomic mass is 9.69. The summed E-state index contributed by atoms with van der Waals surface area (Å²) < 4.78 is 0. The number of pyridine rings is 1. The van der Waals surface area contributed by atoms with Crippen LogP contribution in [-0.2, 0) is 11.8 Å². The van der Waals surface area contributed by atoms with Gasteiger partial charge in [0.05, 0.1) is 0 Å². The summed E-state index contributed by atoms with van der Waals surface area (Å²) in [6, 6.07) is 14.5. The first-order chi connectivity index (χ1) is 10.1. The van der Waals surface area contributed by atoms with E-state index in [9.17, 15) is 0 Å². The molecule has 0 aliphatic heterocycles. The van der Waals surface area contributed by atoms with Crippen molar-refractivity contribution in [2.24, 2.45) is 5.73 Å². The monoisotopic (exact) mass is 283 g/mol. The minimum Gasteiger partial charge on any atom is -0.383 e. The Kier molecular flexibility index (Phi) is 4.97. The lowest BCUT2D eigenvalue weighted by Crippen LogP contribution is -2.46. The Bertz CT molecular complexity index is 562. The predicted octanol–water partition coefficient (Wildman–Crippen LogP) is 3.29. The minimum absolute atomic E-state index is 0.0152. The molecule has 0 spiro atoms. The maximum Gasteiger partial charge on any atom is 0.126 e. The van der Waals surface area contributed by atoms with Gasteiger partial charge in [-0.3, -0.25) is 0 Å². The maximum atomic E-state index is 6.62. The molecule has 0 saturated carbocycles. The summed E-state index contributed by atoms with van der Waals surface area (Å²) in [5.74, 6) is 0.585. The van der Waals surface area contributed by atoms with E-state index in [1.54, 1.807) is 6.20 Å². The summed E-state index contributed by atoms with van der Waals surface area (Å²) >= 11 is 0. The van der Waals surface area contributed by atoms with Crippen molar-refractivity contribution in [1.29, 1.82) is 0 Å². The van der Waals surface area contributed by atoms with E-state index >= 15 is 0 Å². The summed E-state index contributed by atoms with van der Waals surface area (Å²) in [6.07, 6.45) is 4.48. The molecule has 0 radical (unpaired) electrons. The van der Waals surface area contributed by atoms with Crippen molar-refractivity contribution in [3.05, 3.63) is 59.8 Å². The van der Waals surface area contributed by atoms with Crippen LogP contribution in [0.25, 0.3) is 0 Å². The zero-order valence-electron chi connectivity index (χ0n) is 12.9. The van der Waals surface area contributed by atoms with Crippen LogP contribution in [0.5, 0.6) is 0 Å². The molecule has 1 heterocycles. The van der Waals surface area contributed by atoms with Gasteiger partial charge in [-0.1, -0.05) is 50.2 Å². The van der Waals surface area contributed by atoms with Crippen LogP contribution in [0.2, 0.25) is 0 Å². The van der Waals surface area contributed by atoms with E-state index in [0.29, 0.717) is 5.82 Å². The number of aromatic nitrogens is 1. The Morgan fingerprint density at radius 1 is 1.05 bits per heavy atom. The zero-order chi connectivity index (χ0) is 15.3. The number of benzene rings is 1. The van der Waals surface area contributed by atoms with E-state index in [-0.39, 0.29) is 11.5 Å². The molecule has 2 rings (SSSR count). The second kappa shape index (κ2) is 6.72. The number of anilines is 1. The second-order valence-electron chi connectivity index (χ2n) is 5.59. The van der Waals surface area contributed by atoms with Crippen LogP contribution in [0.15, 0.2) is 48.7 Å². The van der Waals surface area contributed by atoms with Crippen molar-refractivity contribution >= 4 is 5.82 Å². The van der Waals surface area contributed by atoms with Crippen LogP contribution in [0, 0.1) is 0 Å². The molecule has 1 aromatic heterocycles. The van der Waals surface area contributed by atoms with Crippen LogP contribution < -0.4 is 11.5 Å². The van der Waals surface area contributed by atoms with Crippen LogP contribution in [-0.4, -0.2) is 11.0 Å². The molecule has 0 amide bonds. The Morgan fingerprint density at radius 2 is 1.71 bits per heavy atom. The first kappa shape index (κ1) is 15.5. The van der Waals surface area contributed by atoms with Crippen molar-refractivity contribution in [2.75, 3.05) is 5.73 Å². The number of rotatable bonds is 6. The zero-order valence-corrected chi connectivity index (χ0v) is 12.9. The minimum atomic E-state index is -0.0243. The molecule has 0 fully saturated rings. The second-order valence-corrected chi connectivity index (χ2v) is 5.59. The third-order valence-corrected chi connectivity index (χ3v) is 4.69. The molecule has 2 aromatic rings. The van der Waals surface area contributed by atoms with Gasteiger partial charge < -0.3 is 11.5 Å². The summed E-state index contributed by atoms with van der Waals surface area (Å²) in [4.78, 5) is 4.16. The molecule has 1 unspecified atom stereocenters. The molecule has 3 nitrogen and oxygen atoms in total. The number of nitrogens with two attached hydrogens (primary N) is 2. The Morgan fingerprint density at radius 3 is 2.29 bits per heavy atom. The third kappa shape index (κ3) is 3.08. The van der Waals surface area contributed by atoms with E-state index in [1.807, 2.05) is 18.2 Å². The number of hydrogen-bond donors (Lipinski definition) is 2. The molecule has 112 valence electrons. The first-order valence-corrected chi connectivity index (χ1v) is 7.64. The molecule has 0 aliphatic carbocycles. The fourth-order valence-electron chi connectivity index (χ4n) is 3.22. The van der Waals surface area contributed by atoms with Gasteiger partial charge in [-0.15, -0.1) is 0 Å². The predicted molar refractivity (Wildman–Crippen MR) is 89.0 cm³/mol. The van der Waals surface area contributed by atoms with Crippen LogP contribution in [0.4, 0.5) is 5.82 Å². The van der Waals surface area contributed by atoms with Gasteiger partial charge in [0.25, 0.3) is 0 Å². The van der Waals surface area contributed by atoms with Crippen LogP contribution in [0.3, 0.4) is 0 Å². The normalized spacial score (nSPS) is 13.1. The fourth-order valence-corrected chi connectivity index (χ4v) is 3.22. The van der Waals surface area contributed by atoms with Gasteiger partial charge in [-0.25, -0.2) is 4.98 Å². The van der Waals surface area contributed by atoms with Gasteiger partial charge in [0.15, 0.2) is 0 Å². The van der Waals surface area contributed by atoms with Crippen molar-refractivity contribution < 1.29 is 0 Å². The van der Waals surface area contributed by atoms with Gasteiger partial charge in [-0.2, -0.15) is 0 Å². The summed E-state index contributed by atoms with van der Waals surface area (Å²) in [7, 11) is 0. The van der Waals surface area contributed by atoms with Gasteiger partial charge >= 0.3 is 0 Å². The summed E-state index contributed by atoms with van der Waals surface area (Å²) in [5.41, 5.74) is 14.9. The Labute approximate surface area is 127 Å². The van der Waals surface area contributed by atoms with Crippen molar-refractivity contribution in [3.63, 3.8) is 0 Å². The molecule has 3 heteroatoms. The molecule has 1 aromatic carbocycles.